The van der Waals surface area contributed by atoms with Crippen LogP contribution >= 0.6 is 11.6 Å². The van der Waals surface area contributed by atoms with Gasteiger partial charge in [0.05, 0.1) is 17.6 Å². The van der Waals surface area contributed by atoms with E-state index in [0.29, 0.717) is 21.5 Å². The van der Waals surface area contributed by atoms with Gasteiger partial charge >= 0.3 is 0 Å². The number of amides is 1. The zero-order valence-corrected chi connectivity index (χ0v) is 17.5. The van der Waals surface area contributed by atoms with Crippen molar-refractivity contribution in [2.45, 2.75) is 6.54 Å². The van der Waals surface area contributed by atoms with E-state index in [1.165, 1.54) is 18.2 Å². The van der Waals surface area contributed by atoms with Gasteiger partial charge in [0.2, 0.25) is 5.91 Å². The Balaban J connectivity index is 1.82. The lowest BCUT2D eigenvalue weighted by molar-refractivity contribution is 0.100. The van der Waals surface area contributed by atoms with Gasteiger partial charge in [-0.15, -0.1) is 0 Å². The average Bonchev–Trinajstić information content (AvgIpc) is 3.09. The number of halogens is 3. The van der Waals surface area contributed by atoms with Gasteiger partial charge in [-0.3, -0.25) is 4.79 Å². The molecule has 0 fully saturated rings. The van der Waals surface area contributed by atoms with Crippen LogP contribution in [0.25, 0.3) is 32.9 Å². The zero-order chi connectivity index (χ0) is 22.4. The van der Waals surface area contributed by atoms with E-state index in [-0.39, 0.29) is 12.1 Å². The molecule has 0 radical (unpaired) electrons. The Hall–Kier alpha value is -3.70. The van der Waals surface area contributed by atoms with E-state index in [2.05, 4.69) is 0 Å². The molecule has 0 bridgehead atoms. The van der Waals surface area contributed by atoms with E-state index in [4.69, 9.17) is 17.3 Å². The smallest absolute Gasteiger partial charge is 0.249 e. The van der Waals surface area contributed by atoms with Crippen molar-refractivity contribution >= 4 is 39.3 Å². The van der Waals surface area contributed by atoms with Crippen LogP contribution in [0.2, 0.25) is 5.02 Å². The highest BCUT2D eigenvalue weighted by molar-refractivity contribution is 6.30. The highest BCUT2D eigenvalue weighted by Gasteiger charge is 2.19. The molecule has 0 saturated carbocycles. The van der Waals surface area contributed by atoms with E-state index in [1.807, 2.05) is 41.0 Å². The Morgan fingerprint density at radius 1 is 0.844 bits per heavy atom. The number of hydrogen-bond acceptors (Lipinski definition) is 1. The van der Waals surface area contributed by atoms with Gasteiger partial charge in [0.25, 0.3) is 0 Å². The van der Waals surface area contributed by atoms with Crippen LogP contribution in [-0.2, 0) is 6.54 Å². The monoisotopic (exact) mass is 446 g/mol. The summed E-state index contributed by atoms with van der Waals surface area (Å²) in [6, 6.07) is 22.2. The Kier molecular flexibility index (Phi) is 4.91. The summed E-state index contributed by atoms with van der Waals surface area (Å²) >= 11 is 6.02. The highest BCUT2D eigenvalue weighted by atomic mass is 35.5. The van der Waals surface area contributed by atoms with E-state index >= 15 is 0 Å². The number of aromatic nitrogens is 1. The molecule has 5 aromatic rings. The molecular weight excluding hydrogens is 430 g/mol. The average molecular weight is 447 g/mol. The number of benzene rings is 4. The van der Waals surface area contributed by atoms with Crippen molar-refractivity contribution in [3.05, 3.63) is 107 Å². The third kappa shape index (κ3) is 3.31. The van der Waals surface area contributed by atoms with Gasteiger partial charge < -0.3 is 10.3 Å². The second kappa shape index (κ2) is 7.77. The van der Waals surface area contributed by atoms with E-state index in [9.17, 15) is 13.6 Å². The molecule has 158 valence electrons. The van der Waals surface area contributed by atoms with E-state index in [0.717, 1.165) is 22.0 Å². The first-order valence-electron chi connectivity index (χ1n) is 9.97. The molecule has 1 amide bonds. The summed E-state index contributed by atoms with van der Waals surface area (Å²) in [5.41, 5.74) is 9.22. The summed E-state index contributed by atoms with van der Waals surface area (Å²) in [4.78, 5) is 12.1. The molecule has 1 aromatic heterocycles. The van der Waals surface area contributed by atoms with Crippen LogP contribution < -0.4 is 5.73 Å². The number of nitrogens with zero attached hydrogens (tertiary/aromatic N) is 1. The molecular formula is C26H17ClF2N2O. The quantitative estimate of drug-likeness (QED) is 0.335. The zero-order valence-electron chi connectivity index (χ0n) is 16.8. The Labute approximate surface area is 187 Å². The van der Waals surface area contributed by atoms with Crippen molar-refractivity contribution < 1.29 is 13.6 Å². The Morgan fingerprint density at radius 2 is 1.50 bits per heavy atom. The van der Waals surface area contributed by atoms with Gasteiger partial charge in [0.1, 0.15) is 11.6 Å². The minimum atomic E-state index is -0.625. The highest BCUT2D eigenvalue weighted by Crippen LogP contribution is 2.35. The largest absolute Gasteiger partial charge is 0.366 e. The molecule has 5 rings (SSSR count). The van der Waals surface area contributed by atoms with Gasteiger partial charge in [-0.05, 0) is 53.6 Å². The van der Waals surface area contributed by atoms with Crippen molar-refractivity contribution in [1.29, 1.82) is 0 Å². The van der Waals surface area contributed by atoms with Crippen LogP contribution in [0, 0.1) is 11.6 Å². The van der Waals surface area contributed by atoms with Crippen LogP contribution in [0.15, 0.2) is 78.9 Å². The van der Waals surface area contributed by atoms with Crippen molar-refractivity contribution in [2.75, 3.05) is 0 Å². The van der Waals surface area contributed by atoms with Crippen LogP contribution in [0.3, 0.4) is 0 Å². The van der Waals surface area contributed by atoms with Crippen molar-refractivity contribution in [3.63, 3.8) is 0 Å². The normalized spacial score (nSPS) is 11.3. The first-order chi connectivity index (χ1) is 15.4. The fourth-order valence-corrected chi connectivity index (χ4v) is 4.31. The summed E-state index contributed by atoms with van der Waals surface area (Å²) in [5.74, 6) is -1.81. The topological polar surface area (TPSA) is 48.0 Å². The lowest BCUT2D eigenvalue weighted by Crippen LogP contribution is -2.11. The molecule has 0 unspecified atom stereocenters. The summed E-state index contributed by atoms with van der Waals surface area (Å²) in [6.45, 7) is -0.0369. The van der Waals surface area contributed by atoms with Crippen LogP contribution in [0.5, 0.6) is 0 Å². The summed E-state index contributed by atoms with van der Waals surface area (Å²) < 4.78 is 30.8. The third-order valence-electron chi connectivity index (χ3n) is 5.71. The first-order valence-corrected chi connectivity index (χ1v) is 10.4. The number of rotatable bonds is 4. The van der Waals surface area contributed by atoms with E-state index < -0.39 is 17.5 Å². The first kappa shape index (κ1) is 20.2. The number of hydrogen-bond donors (Lipinski definition) is 1. The SMILES string of the molecule is NC(=O)c1cccc2c1c1ccc(-c3ccc(Cl)cc3)cc1n2Cc1c(F)cccc1F. The fraction of sp³-hybridized carbons (Fsp3) is 0.0385. The maximum Gasteiger partial charge on any atom is 0.249 e. The molecule has 0 aliphatic rings. The fourth-order valence-electron chi connectivity index (χ4n) is 4.18. The number of nitrogens with two attached hydrogens (primary N) is 1. The van der Waals surface area contributed by atoms with Gasteiger partial charge in [-0.1, -0.05) is 48.0 Å². The molecule has 3 nitrogen and oxygen atoms in total. The van der Waals surface area contributed by atoms with Gasteiger partial charge in [-0.25, -0.2) is 8.78 Å². The van der Waals surface area contributed by atoms with Gasteiger partial charge in [0.15, 0.2) is 0 Å². The van der Waals surface area contributed by atoms with Crippen LogP contribution in [-0.4, -0.2) is 10.5 Å². The molecule has 0 aliphatic heterocycles. The Bertz CT molecular complexity index is 1490. The number of carbonyl (C=O) groups is 1. The predicted octanol–water partition coefficient (Wildman–Crippen LogP) is 6.54. The maximum absolute atomic E-state index is 14.5. The summed E-state index contributed by atoms with van der Waals surface area (Å²) in [6.07, 6.45) is 0. The molecule has 0 saturated heterocycles. The number of primary amides is 1. The second-order valence-corrected chi connectivity index (χ2v) is 8.03. The molecule has 32 heavy (non-hydrogen) atoms. The lowest BCUT2D eigenvalue weighted by atomic mass is 10.0. The van der Waals surface area contributed by atoms with Crippen molar-refractivity contribution in [2.24, 2.45) is 5.73 Å². The lowest BCUT2D eigenvalue weighted by Gasteiger charge is -2.11. The second-order valence-electron chi connectivity index (χ2n) is 7.59. The van der Waals surface area contributed by atoms with Crippen LogP contribution in [0.4, 0.5) is 8.78 Å². The van der Waals surface area contributed by atoms with Crippen LogP contribution in [0.1, 0.15) is 15.9 Å². The molecule has 6 heteroatoms. The maximum atomic E-state index is 14.5. The predicted molar refractivity (Wildman–Crippen MR) is 124 cm³/mol. The minimum Gasteiger partial charge on any atom is -0.366 e. The van der Waals surface area contributed by atoms with Crippen molar-refractivity contribution in [1.82, 2.24) is 4.57 Å². The number of fused-ring (bicyclic) bond motifs is 3. The molecule has 0 aliphatic carbocycles. The standard InChI is InChI=1S/C26H17ClF2N2O/c27-17-10-7-15(8-11-17)16-9-12-18-24(13-16)31(14-20-21(28)4-2-5-22(20)29)23-6-1-3-19(25(18)23)26(30)32/h1-13H,14H2,(H2,30,32). The molecule has 0 spiro atoms. The molecule has 0 atom stereocenters. The minimum absolute atomic E-state index is 0.0369. The molecule has 4 aromatic carbocycles. The van der Waals surface area contributed by atoms with Crippen molar-refractivity contribution in [3.8, 4) is 11.1 Å². The van der Waals surface area contributed by atoms with Gasteiger partial charge in [-0.2, -0.15) is 0 Å². The van der Waals surface area contributed by atoms with E-state index in [1.54, 1.807) is 24.3 Å². The Morgan fingerprint density at radius 3 is 2.19 bits per heavy atom. The number of carbonyl (C=O) groups excluding carboxylic acids is 1. The summed E-state index contributed by atoms with van der Waals surface area (Å²) in [5, 5.41) is 2.07. The molecule has 2 N–H and O–H groups in total. The molecule has 1 heterocycles. The van der Waals surface area contributed by atoms with Gasteiger partial charge in [0, 0.05) is 26.9 Å². The summed E-state index contributed by atoms with van der Waals surface area (Å²) in [7, 11) is 0. The third-order valence-corrected chi connectivity index (χ3v) is 5.96.